The Morgan fingerprint density at radius 1 is 0.344 bits per heavy atom. The second kappa shape index (κ2) is 50.0. The lowest BCUT2D eigenvalue weighted by atomic mass is 10.0. The Balaban J connectivity index is 4.38. The zero-order valence-corrected chi connectivity index (χ0v) is 40.4. The molecule has 1 atom stereocenters. The van der Waals surface area contributed by atoms with E-state index in [1.165, 1.54) is 128 Å². The van der Waals surface area contributed by atoms with Gasteiger partial charge < -0.3 is 14.2 Å². The van der Waals surface area contributed by atoms with Crippen LogP contribution in [0.25, 0.3) is 0 Å². The predicted molar refractivity (Wildman–Crippen MR) is 261 cm³/mol. The van der Waals surface area contributed by atoms with Crippen molar-refractivity contribution in [3.63, 3.8) is 0 Å². The molecule has 0 saturated carbocycles. The molecular formula is C55H98O6. The number of unbranched alkanes of at least 4 members (excludes halogenated alkanes) is 28. The van der Waals surface area contributed by atoms with Gasteiger partial charge in [-0.1, -0.05) is 236 Å². The van der Waals surface area contributed by atoms with E-state index in [1.54, 1.807) is 0 Å². The van der Waals surface area contributed by atoms with E-state index in [4.69, 9.17) is 14.2 Å². The van der Waals surface area contributed by atoms with E-state index in [2.05, 4.69) is 69.4 Å². The molecule has 6 nitrogen and oxygen atoms in total. The molecule has 0 rings (SSSR count). The Morgan fingerprint density at radius 3 is 1.00 bits per heavy atom. The van der Waals surface area contributed by atoms with Crippen LogP contribution in [0.2, 0.25) is 0 Å². The second-order valence-electron chi connectivity index (χ2n) is 17.4. The van der Waals surface area contributed by atoms with Crippen molar-refractivity contribution in [1.29, 1.82) is 0 Å². The molecule has 0 saturated heterocycles. The lowest BCUT2D eigenvalue weighted by Crippen LogP contribution is -2.30. The van der Waals surface area contributed by atoms with Crippen LogP contribution in [0.15, 0.2) is 48.6 Å². The summed E-state index contributed by atoms with van der Waals surface area (Å²) in [6.07, 6.45) is 59.5. The topological polar surface area (TPSA) is 78.9 Å². The van der Waals surface area contributed by atoms with Gasteiger partial charge in [0.1, 0.15) is 13.2 Å². The van der Waals surface area contributed by atoms with E-state index in [0.717, 1.165) is 96.3 Å². The van der Waals surface area contributed by atoms with Crippen LogP contribution < -0.4 is 0 Å². The van der Waals surface area contributed by atoms with E-state index >= 15 is 0 Å². The summed E-state index contributed by atoms with van der Waals surface area (Å²) in [6, 6.07) is 0. The zero-order chi connectivity index (χ0) is 44.4. The molecule has 354 valence electrons. The maximum absolute atomic E-state index is 12.8. The average molecular weight is 855 g/mol. The Morgan fingerprint density at radius 2 is 0.639 bits per heavy atom. The maximum atomic E-state index is 12.8. The molecule has 0 aromatic carbocycles. The summed E-state index contributed by atoms with van der Waals surface area (Å²) in [7, 11) is 0. The van der Waals surface area contributed by atoms with Gasteiger partial charge in [-0.3, -0.25) is 14.4 Å². The van der Waals surface area contributed by atoms with E-state index in [-0.39, 0.29) is 31.1 Å². The van der Waals surface area contributed by atoms with Gasteiger partial charge in [0.2, 0.25) is 0 Å². The molecule has 6 heteroatoms. The number of hydrogen-bond donors (Lipinski definition) is 0. The largest absolute Gasteiger partial charge is 0.462 e. The van der Waals surface area contributed by atoms with Crippen molar-refractivity contribution in [3.8, 4) is 0 Å². The van der Waals surface area contributed by atoms with Gasteiger partial charge in [0.05, 0.1) is 0 Å². The quantitative estimate of drug-likeness (QED) is 0.0263. The predicted octanol–water partition coefficient (Wildman–Crippen LogP) is 17.1. The molecule has 61 heavy (non-hydrogen) atoms. The number of esters is 3. The van der Waals surface area contributed by atoms with E-state index < -0.39 is 6.10 Å². The number of rotatable bonds is 47. The molecule has 0 aliphatic heterocycles. The smallest absolute Gasteiger partial charge is 0.306 e. The van der Waals surface area contributed by atoms with Crippen molar-refractivity contribution in [3.05, 3.63) is 48.6 Å². The summed E-state index contributed by atoms with van der Waals surface area (Å²) in [6.45, 7) is 6.52. The molecule has 0 aliphatic rings. The highest BCUT2D eigenvalue weighted by molar-refractivity contribution is 5.71. The molecule has 0 bridgehead atoms. The van der Waals surface area contributed by atoms with Crippen LogP contribution in [-0.4, -0.2) is 37.2 Å². The van der Waals surface area contributed by atoms with Crippen LogP contribution in [-0.2, 0) is 28.6 Å². The van der Waals surface area contributed by atoms with Crippen molar-refractivity contribution < 1.29 is 28.6 Å². The van der Waals surface area contributed by atoms with Gasteiger partial charge in [0.15, 0.2) is 6.10 Å². The maximum Gasteiger partial charge on any atom is 0.306 e. The van der Waals surface area contributed by atoms with Gasteiger partial charge in [-0.2, -0.15) is 0 Å². The molecular weight excluding hydrogens is 757 g/mol. The summed E-state index contributed by atoms with van der Waals surface area (Å²) in [5.41, 5.74) is 0. The Labute approximate surface area is 378 Å². The third-order valence-electron chi connectivity index (χ3n) is 11.3. The van der Waals surface area contributed by atoms with Crippen molar-refractivity contribution >= 4 is 17.9 Å². The number of carbonyl (C=O) groups excluding carboxylic acids is 3. The van der Waals surface area contributed by atoms with Crippen LogP contribution in [0.5, 0.6) is 0 Å². The lowest BCUT2D eigenvalue weighted by Gasteiger charge is -2.18. The number of carbonyl (C=O) groups is 3. The Kier molecular flexibility index (Phi) is 47.9. The van der Waals surface area contributed by atoms with Gasteiger partial charge in [-0.15, -0.1) is 0 Å². The Bertz CT molecular complexity index is 1070. The van der Waals surface area contributed by atoms with Crippen LogP contribution in [0, 0.1) is 0 Å². The minimum absolute atomic E-state index is 0.0773. The van der Waals surface area contributed by atoms with Gasteiger partial charge in [0, 0.05) is 19.3 Å². The third-order valence-corrected chi connectivity index (χ3v) is 11.3. The molecule has 0 amide bonds. The number of hydrogen-bond acceptors (Lipinski definition) is 6. The summed E-state index contributed by atoms with van der Waals surface area (Å²) in [5, 5.41) is 0. The second-order valence-corrected chi connectivity index (χ2v) is 17.4. The molecule has 0 radical (unpaired) electrons. The summed E-state index contributed by atoms with van der Waals surface area (Å²) >= 11 is 0. The SMILES string of the molecule is CC/C=C\C/C=C\C/C=C\C/C=C\CCCCCCC(=O)OCC(COC(=O)CCCCCCCCCCCCC)OC(=O)CCCCCCCCCCCCCCCCC. The number of allylic oxidation sites excluding steroid dienone is 8. The first-order valence-electron chi connectivity index (χ1n) is 26.1. The highest BCUT2D eigenvalue weighted by Crippen LogP contribution is 2.16. The summed E-state index contributed by atoms with van der Waals surface area (Å²) < 4.78 is 16.8. The molecule has 0 aromatic heterocycles. The fourth-order valence-corrected chi connectivity index (χ4v) is 7.43. The molecule has 0 fully saturated rings. The van der Waals surface area contributed by atoms with Crippen molar-refractivity contribution in [1.82, 2.24) is 0 Å². The van der Waals surface area contributed by atoms with Crippen molar-refractivity contribution in [2.75, 3.05) is 13.2 Å². The van der Waals surface area contributed by atoms with E-state index in [0.29, 0.717) is 19.3 Å². The molecule has 0 aliphatic carbocycles. The van der Waals surface area contributed by atoms with E-state index in [9.17, 15) is 14.4 Å². The van der Waals surface area contributed by atoms with Gasteiger partial charge >= 0.3 is 17.9 Å². The normalized spacial score (nSPS) is 12.4. The molecule has 0 spiro atoms. The highest BCUT2D eigenvalue weighted by Gasteiger charge is 2.19. The van der Waals surface area contributed by atoms with Gasteiger partial charge in [-0.05, 0) is 57.8 Å². The number of ether oxygens (including phenoxy) is 3. The Hall–Kier alpha value is -2.63. The lowest BCUT2D eigenvalue weighted by molar-refractivity contribution is -0.167. The van der Waals surface area contributed by atoms with Crippen LogP contribution >= 0.6 is 0 Å². The summed E-state index contributed by atoms with van der Waals surface area (Å²) in [4.78, 5) is 37.9. The fraction of sp³-hybridized carbons (Fsp3) is 0.800. The van der Waals surface area contributed by atoms with Crippen LogP contribution in [0.1, 0.15) is 265 Å². The fourth-order valence-electron chi connectivity index (χ4n) is 7.43. The molecule has 0 N–H and O–H groups in total. The standard InChI is InChI=1S/C55H98O6/c1-4-7-10-13-16-19-22-24-26-27-29-30-33-36-39-42-45-48-54(57)60-51-52(50-59-53(56)47-44-41-38-35-32-21-18-15-12-9-6-3)61-55(58)49-46-43-40-37-34-31-28-25-23-20-17-14-11-8-5-2/h7,10,16,19,24,26,29-30,52H,4-6,8-9,11-15,17-18,20-23,25,27-28,31-51H2,1-3H3/b10-7-,19-16-,26-24-,30-29-. The van der Waals surface area contributed by atoms with Crippen LogP contribution in [0.3, 0.4) is 0 Å². The van der Waals surface area contributed by atoms with Gasteiger partial charge in [-0.25, -0.2) is 0 Å². The highest BCUT2D eigenvalue weighted by atomic mass is 16.6. The van der Waals surface area contributed by atoms with Crippen LogP contribution in [0.4, 0.5) is 0 Å². The first-order valence-corrected chi connectivity index (χ1v) is 26.1. The first-order chi connectivity index (χ1) is 30.0. The summed E-state index contributed by atoms with van der Waals surface area (Å²) in [5.74, 6) is -0.893. The van der Waals surface area contributed by atoms with Gasteiger partial charge in [0.25, 0.3) is 0 Å². The molecule has 1 unspecified atom stereocenters. The average Bonchev–Trinajstić information content (AvgIpc) is 3.26. The zero-order valence-electron chi connectivity index (χ0n) is 40.4. The van der Waals surface area contributed by atoms with Crippen molar-refractivity contribution in [2.45, 2.75) is 271 Å². The molecule has 0 aromatic rings. The van der Waals surface area contributed by atoms with Crippen molar-refractivity contribution in [2.24, 2.45) is 0 Å². The monoisotopic (exact) mass is 855 g/mol. The minimum Gasteiger partial charge on any atom is -0.462 e. The first kappa shape index (κ1) is 58.4. The van der Waals surface area contributed by atoms with E-state index in [1.807, 2.05) is 0 Å². The molecule has 0 heterocycles. The minimum atomic E-state index is -0.778. The third kappa shape index (κ3) is 48.3.